The summed E-state index contributed by atoms with van der Waals surface area (Å²) >= 11 is 0. The highest BCUT2D eigenvalue weighted by Gasteiger charge is 2.51. The van der Waals surface area contributed by atoms with Crippen LogP contribution in [0.4, 0.5) is 5.82 Å². The molecule has 0 aromatic carbocycles. The van der Waals surface area contributed by atoms with Crippen LogP contribution in [0.3, 0.4) is 0 Å². The van der Waals surface area contributed by atoms with E-state index in [-0.39, 0.29) is 18.3 Å². The molecule has 21 heavy (non-hydrogen) atoms. The first-order chi connectivity index (χ1) is 9.87. The fourth-order valence-corrected chi connectivity index (χ4v) is 2.89. The molecule has 1 aliphatic heterocycles. The second-order valence-corrected chi connectivity index (χ2v) is 7.19. The summed E-state index contributed by atoms with van der Waals surface area (Å²) < 4.78 is 12.1. The molecule has 1 N–H and O–H groups in total. The minimum Gasteiger partial charge on any atom is -0.399 e. The van der Waals surface area contributed by atoms with Crippen molar-refractivity contribution in [3.63, 3.8) is 0 Å². The zero-order valence-corrected chi connectivity index (χ0v) is 13.5. The fourth-order valence-electron chi connectivity index (χ4n) is 2.89. The summed E-state index contributed by atoms with van der Waals surface area (Å²) in [4.78, 5) is 4.51. The molecule has 0 spiro atoms. The zero-order chi connectivity index (χ0) is 15.1. The number of hydrogen-bond acceptors (Lipinski definition) is 4. The van der Waals surface area contributed by atoms with Crippen molar-refractivity contribution in [3.05, 3.63) is 18.3 Å². The Bertz CT molecular complexity index is 480. The topological polar surface area (TPSA) is 43.4 Å². The van der Waals surface area contributed by atoms with Crippen molar-refractivity contribution in [3.8, 4) is 0 Å². The van der Waals surface area contributed by atoms with Crippen LogP contribution in [0.5, 0.6) is 0 Å². The molecule has 3 rings (SSSR count). The van der Waals surface area contributed by atoms with E-state index in [2.05, 4.69) is 38.0 Å². The first kappa shape index (κ1) is 14.9. The van der Waals surface area contributed by atoms with Crippen LogP contribution in [0.15, 0.2) is 18.3 Å². The van der Waals surface area contributed by atoms with Crippen LogP contribution in [0.2, 0.25) is 0 Å². The quantitative estimate of drug-likeness (QED) is 0.869. The molecule has 1 saturated carbocycles. The van der Waals surface area contributed by atoms with Gasteiger partial charge in [0.2, 0.25) is 0 Å². The first-order valence-electron chi connectivity index (χ1n) is 7.95. The van der Waals surface area contributed by atoms with E-state index in [1.807, 2.05) is 18.3 Å². The predicted molar refractivity (Wildman–Crippen MR) is 85.8 cm³/mol. The summed E-state index contributed by atoms with van der Waals surface area (Å²) in [5.74, 6) is 0.946. The lowest BCUT2D eigenvalue weighted by Gasteiger charge is -2.32. The van der Waals surface area contributed by atoms with E-state index in [1.54, 1.807) is 0 Å². The molecular formula is C16H25BN2O2. The standard InChI is InChI=1S/C16H25BN2O2/c1-15(2)16(3,4)21-17(20-15)12-9-10-14(18-11-12)19-13-7-5-6-8-13/h9-11,13H,5-8H2,1-4H3,(H,18,19). The van der Waals surface area contributed by atoms with Crippen LogP contribution in [-0.2, 0) is 9.31 Å². The summed E-state index contributed by atoms with van der Waals surface area (Å²) in [7, 11) is -0.331. The van der Waals surface area contributed by atoms with E-state index in [9.17, 15) is 0 Å². The van der Waals surface area contributed by atoms with Crippen LogP contribution < -0.4 is 10.8 Å². The fraction of sp³-hybridized carbons (Fsp3) is 0.688. The van der Waals surface area contributed by atoms with Crippen molar-refractivity contribution < 1.29 is 9.31 Å². The van der Waals surface area contributed by atoms with Crippen LogP contribution in [-0.4, -0.2) is 29.3 Å². The maximum atomic E-state index is 6.04. The Labute approximate surface area is 127 Å². The zero-order valence-electron chi connectivity index (χ0n) is 13.5. The van der Waals surface area contributed by atoms with Crippen molar-refractivity contribution in [2.24, 2.45) is 0 Å². The van der Waals surface area contributed by atoms with Gasteiger partial charge in [0.1, 0.15) is 5.82 Å². The molecule has 2 heterocycles. The Kier molecular flexibility index (Phi) is 3.74. The highest BCUT2D eigenvalue weighted by atomic mass is 16.7. The Morgan fingerprint density at radius 3 is 2.24 bits per heavy atom. The van der Waals surface area contributed by atoms with Gasteiger partial charge in [-0.3, -0.25) is 0 Å². The Hall–Kier alpha value is -1.07. The summed E-state index contributed by atoms with van der Waals surface area (Å²) in [6.07, 6.45) is 7.01. The van der Waals surface area contributed by atoms with Crippen LogP contribution in [0.25, 0.3) is 0 Å². The van der Waals surface area contributed by atoms with E-state index < -0.39 is 0 Å². The lowest BCUT2D eigenvalue weighted by atomic mass is 9.80. The van der Waals surface area contributed by atoms with Gasteiger partial charge >= 0.3 is 7.12 Å². The summed E-state index contributed by atoms with van der Waals surface area (Å²) in [6.45, 7) is 8.26. The molecule has 1 aliphatic carbocycles. The minimum absolute atomic E-state index is 0.307. The SMILES string of the molecule is CC1(C)OB(c2ccc(NC3CCCC3)nc2)OC1(C)C. The molecule has 4 nitrogen and oxygen atoms in total. The number of rotatable bonds is 3. The van der Waals surface area contributed by atoms with Crippen LogP contribution in [0, 0.1) is 0 Å². The largest absolute Gasteiger partial charge is 0.496 e. The monoisotopic (exact) mass is 288 g/mol. The lowest BCUT2D eigenvalue weighted by molar-refractivity contribution is 0.00578. The molecule has 1 aromatic heterocycles. The molecule has 0 amide bonds. The van der Waals surface area contributed by atoms with Gasteiger partial charge in [-0.05, 0) is 46.6 Å². The van der Waals surface area contributed by atoms with Gasteiger partial charge in [-0.2, -0.15) is 0 Å². The number of pyridine rings is 1. The first-order valence-corrected chi connectivity index (χ1v) is 7.95. The molecule has 1 saturated heterocycles. The van der Waals surface area contributed by atoms with Gasteiger partial charge in [-0.1, -0.05) is 18.9 Å². The summed E-state index contributed by atoms with van der Waals surface area (Å²) in [5, 5.41) is 3.50. The minimum atomic E-state index is -0.331. The molecule has 0 bridgehead atoms. The van der Waals surface area contributed by atoms with E-state index in [4.69, 9.17) is 9.31 Å². The number of nitrogens with zero attached hydrogens (tertiary/aromatic N) is 1. The molecule has 0 radical (unpaired) electrons. The Morgan fingerprint density at radius 2 is 1.71 bits per heavy atom. The second-order valence-electron chi connectivity index (χ2n) is 7.19. The number of nitrogens with one attached hydrogen (secondary N) is 1. The highest BCUT2D eigenvalue weighted by Crippen LogP contribution is 2.36. The van der Waals surface area contributed by atoms with Gasteiger partial charge in [0, 0.05) is 17.7 Å². The van der Waals surface area contributed by atoms with Crippen LogP contribution in [0.1, 0.15) is 53.4 Å². The lowest BCUT2D eigenvalue weighted by Crippen LogP contribution is -2.41. The normalized spacial score (nSPS) is 24.5. The molecular weight excluding hydrogens is 263 g/mol. The molecule has 1 aromatic rings. The summed E-state index contributed by atoms with van der Waals surface area (Å²) in [5.41, 5.74) is 0.363. The van der Waals surface area contributed by atoms with Crippen molar-refractivity contribution in [2.45, 2.75) is 70.6 Å². The third kappa shape index (κ3) is 2.95. The average Bonchev–Trinajstić information content (AvgIpc) is 2.97. The highest BCUT2D eigenvalue weighted by molar-refractivity contribution is 6.62. The van der Waals surface area contributed by atoms with Gasteiger partial charge < -0.3 is 14.6 Å². The van der Waals surface area contributed by atoms with Crippen molar-refractivity contribution in [1.29, 1.82) is 0 Å². The molecule has 0 unspecified atom stereocenters. The van der Waals surface area contributed by atoms with Crippen molar-refractivity contribution in [1.82, 2.24) is 4.98 Å². The Balaban J connectivity index is 1.67. The van der Waals surface area contributed by atoms with Crippen LogP contribution >= 0.6 is 0 Å². The van der Waals surface area contributed by atoms with Gasteiger partial charge in [0.25, 0.3) is 0 Å². The molecule has 0 atom stereocenters. The number of aromatic nitrogens is 1. The van der Waals surface area contributed by atoms with E-state index in [1.165, 1.54) is 25.7 Å². The van der Waals surface area contributed by atoms with Crippen molar-refractivity contribution >= 4 is 18.4 Å². The third-order valence-corrected chi connectivity index (χ3v) is 5.02. The smallest absolute Gasteiger partial charge is 0.399 e. The second kappa shape index (κ2) is 5.29. The maximum Gasteiger partial charge on any atom is 0.496 e. The van der Waals surface area contributed by atoms with Gasteiger partial charge in [0.15, 0.2) is 0 Å². The van der Waals surface area contributed by atoms with Gasteiger partial charge in [-0.15, -0.1) is 0 Å². The maximum absolute atomic E-state index is 6.04. The predicted octanol–water partition coefficient (Wildman–Crippen LogP) is 2.74. The van der Waals surface area contributed by atoms with Gasteiger partial charge in [-0.25, -0.2) is 4.98 Å². The molecule has 2 fully saturated rings. The van der Waals surface area contributed by atoms with Crippen molar-refractivity contribution in [2.75, 3.05) is 5.32 Å². The Morgan fingerprint density at radius 1 is 1.10 bits per heavy atom. The molecule has 5 heteroatoms. The van der Waals surface area contributed by atoms with Gasteiger partial charge in [0.05, 0.1) is 11.2 Å². The van der Waals surface area contributed by atoms with E-state index in [0.717, 1.165) is 11.3 Å². The van der Waals surface area contributed by atoms with E-state index >= 15 is 0 Å². The average molecular weight is 288 g/mol. The molecule has 2 aliphatic rings. The molecule has 114 valence electrons. The number of hydrogen-bond donors (Lipinski definition) is 1. The van der Waals surface area contributed by atoms with E-state index in [0.29, 0.717) is 6.04 Å². The number of anilines is 1. The third-order valence-electron chi connectivity index (χ3n) is 5.02. The summed E-state index contributed by atoms with van der Waals surface area (Å²) in [6, 6.07) is 4.66.